The monoisotopic (exact) mass is 402 g/mol. The van der Waals surface area contributed by atoms with Crippen LogP contribution in [0.2, 0.25) is 0 Å². The fourth-order valence-electron chi connectivity index (χ4n) is 1.73. The summed E-state index contributed by atoms with van der Waals surface area (Å²) < 4.78 is 17.3. The Morgan fingerprint density at radius 1 is 0.800 bits per heavy atom. The van der Waals surface area contributed by atoms with E-state index < -0.39 is 0 Å². The molecule has 0 unspecified atom stereocenters. The third-order valence-electron chi connectivity index (χ3n) is 2.60. The topological polar surface area (TPSA) is 53.5 Å². The van der Waals surface area contributed by atoms with E-state index in [9.17, 15) is 0 Å². The molecule has 0 atom stereocenters. The standard InChI is InChI=1S/C13H12Br2N2O3/c1-18-7-4-8(19-2)12(9(5-7)20-3)13-16-10(14)6-11(15)17-13/h4-6H,1-3H3. The van der Waals surface area contributed by atoms with Crippen LogP contribution in [0.15, 0.2) is 27.4 Å². The first-order valence-corrected chi connectivity index (χ1v) is 7.18. The Morgan fingerprint density at radius 2 is 1.30 bits per heavy atom. The van der Waals surface area contributed by atoms with Gasteiger partial charge in [-0.3, -0.25) is 0 Å². The molecule has 0 aliphatic heterocycles. The highest BCUT2D eigenvalue weighted by molar-refractivity contribution is 9.11. The van der Waals surface area contributed by atoms with Crippen molar-refractivity contribution >= 4 is 31.9 Å². The van der Waals surface area contributed by atoms with Crippen LogP contribution in [-0.4, -0.2) is 31.3 Å². The second-order valence-electron chi connectivity index (χ2n) is 3.74. The van der Waals surface area contributed by atoms with Crippen molar-refractivity contribution in [1.29, 1.82) is 0 Å². The minimum atomic E-state index is 0.489. The van der Waals surface area contributed by atoms with Gasteiger partial charge in [0.2, 0.25) is 0 Å². The largest absolute Gasteiger partial charge is 0.496 e. The zero-order valence-corrected chi connectivity index (χ0v) is 14.3. The molecule has 0 radical (unpaired) electrons. The first kappa shape index (κ1) is 15.1. The van der Waals surface area contributed by atoms with Crippen LogP contribution in [0.5, 0.6) is 17.2 Å². The van der Waals surface area contributed by atoms with E-state index in [0.29, 0.717) is 37.8 Å². The van der Waals surface area contributed by atoms with Gasteiger partial charge in [0.1, 0.15) is 32.0 Å². The van der Waals surface area contributed by atoms with Crippen LogP contribution in [0.3, 0.4) is 0 Å². The predicted molar refractivity (Wildman–Crippen MR) is 82.5 cm³/mol. The van der Waals surface area contributed by atoms with Gasteiger partial charge in [0.15, 0.2) is 5.82 Å². The fourth-order valence-corrected chi connectivity index (χ4v) is 2.80. The predicted octanol–water partition coefficient (Wildman–Crippen LogP) is 3.69. The molecule has 0 spiro atoms. The molecule has 1 aromatic heterocycles. The lowest BCUT2D eigenvalue weighted by molar-refractivity contribution is 0.377. The minimum absolute atomic E-state index is 0.489. The number of methoxy groups -OCH3 is 3. The van der Waals surface area contributed by atoms with E-state index in [-0.39, 0.29) is 0 Å². The van der Waals surface area contributed by atoms with Gasteiger partial charge in [-0.2, -0.15) is 0 Å². The Kier molecular flexibility index (Phi) is 4.82. The van der Waals surface area contributed by atoms with E-state index in [0.717, 1.165) is 0 Å². The Labute approximate surface area is 133 Å². The van der Waals surface area contributed by atoms with Crippen LogP contribution in [-0.2, 0) is 0 Å². The molecule has 2 rings (SSSR count). The molecule has 0 N–H and O–H groups in total. The summed E-state index contributed by atoms with van der Waals surface area (Å²) in [4.78, 5) is 8.70. The molecule has 106 valence electrons. The SMILES string of the molecule is COc1cc(OC)c(-c2nc(Br)cc(Br)n2)c(OC)c1. The summed E-state index contributed by atoms with van der Waals surface area (Å²) in [5.74, 6) is 2.27. The molecular weight excluding hydrogens is 392 g/mol. The van der Waals surface area contributed by atoms with Crippen molar-refractivity contribution in [2.75, 3.05) is 21.3 Å². The highest BCUT2D eigenvalue weighted by Crippen LogP contribution is 2.40. The number of hydrogen-bond donors (Lipinski definition) is 0. The van der Waals surface area contributed by atoms with E-state index in [4.69, 9.17) is 14.2 Å². The molecule has 0 bridgehead atoms. The Morgan fingerprint density at radius 3 is 1.70 bits per heavy atom. The summed E-state index contributed by atoms with van der Waals surface area (Å²) in [6, 6.07) is 5.28. The summed E-state index contributed by atoms with van der Waals surface area (Å²) in [5, 5.41) is 0. The van der Waals surface area contributed by atoms with Gasteiger partial charge in [-0.1, -0.05) is 0 Å². The lowest BCUT2D eigenvalue weighted by atomic mass is 10.1. The van der Waals surface area contributed by atoms with Gasteiger partial charge in [-0.15, -0.1) is 0 Å². The van der Waals surface area contributed by atoms with Crippen molar-refractivity contribution < 1.29 is 14.2 Å². The van der Waals surface area contributed by atoms with Gasteiger partial charge >= 0.3 is 0 Å². The number of aromatic nitrogens is 2. The summed E-state index contributed by atoms with van der Waals surface area (Å²) in [6.07, 6.45) is 0. The molecule has 0 saturated carbocycles. The number of rotatable bonds is 4. The highest BCUT2D eigenvalue weighted by atomic mass is 79.9. The maximum Gasteiger partial charge on any atom is 0.169 e. The van der Waals surface area contributed by atoms with Crippen molar-refractivity contribution in [3.05, 3.63) is 27.4 Å². The van der Waals surface area contributed by atoms with Crippen molar-refractivity contribution in [3.8, 4) is 28.6 Å². The average molecular weight is 404 g/mol. The normalized spacial score (nSPS) is 10.2. The summed E-state index contributed by atoms with van der Waals surface area (Å²) in [5.41, 5.74) is 0.665. The first-order chi connectivity index (χ1) is 9.58. The van der Waals surface area contributed by atoms with E-state index >= 15 is 0 Å². The molecule has 0 fully saturated rings. The molecule has 0 amide bonds. The van der Waals surface area contributed by atoms with Crippen LogP contribution < -0.4 is 14.2 Å². The van der Waals surface area contributed by atoms with Crippen LogP contribution in [0.25, 0.3) is 11.4 Å². The number of hydrogen-bond acceptors (Lipinski definition) is 5. The molecule has 1 heterocycles. The van der Waals surface area contributed by atoms with Crippen molar-refractivity contribution in [3.63, 3.8) is 0 Å². The molecular formula is C13H12Br2N2O3. The minimum Gasteiger partial charge on any atom is -0.496 e. The molecule has 5 nitrogen and oxygen atoms in total. The third-order valence-corrected chi connectivity index (χ3v) is 3.41. The molecule has 0 aliphatic carbocycles. The number of nitrogens with zero attached hydrogens (tertiary/aromatic N) is 2. The average Bonchev–Trinajstić information content (AvgIpc) is 2.44. The van der Waals surface area contributed by atoms with Gasteiger partial charge in [0.05, 0.1) is 21.3 Å². The molecule has 7 heteroatoms. The van der Waals surface area contributed by atoms with Gasteiger partial charge in [0, 0.05) is 18.2 Å². The molecule has 1 aromatic carbocycles. The Hall–Kier alpha value is -1.34. The van der Waals surface area contributed by atoms with Crippen LogP contribution in [0.1, 0.15) is 0 Å². The van der Waals surface area contributed by atoms with Crippen molar-refractivity contribution in [2.24, 2.45) is 0 Å². The maximum absolute atomic E-state index is 5.39. The maximum atomic E-state index is 5.39. The second kappa shape index (κ2) is 6.41. The van der Waals surface area contributed by atoms with Crippen LogP contribution in [0.4, 0.5) is 0 Å². The molecule has 0 aliphatic rings. The van der Waals surface area contributed by atoms with Crippen molar-refractivity contribution in [2.45, 2.75) is 0 Å². The summed E-state index contributed by atoms with van der Waals surface area (Å²) in [7, 11) is 4.73. The summed E-state index contributed by atoms with van der Waals surface area (Å²) >= 11 is 6.69. The zero-order valence-electron chi connectivity index (χ0n) is 11.1. The molecule has 20 heavy (non-hydrogen) atoms. The Balaban J connectivity index is 2.70. The number of halogens is 2. The van der Waals surface area contributed by atoms with Crippen LogP contribution >= 0.6 is 31.9 Å². The fraction of sp³-hybridized carbons (Fsp3) is 0.231. The number of benzene rings is 1. The molecule has 0 saturated heterocycles. The van der Waals surface area contributed by atoms with E-state index in [2.05, 4.69) is 41.8 Å². The van der Waals surface area contributed by atoms with Crippen molar-refractivity contribution in [1.82, 2.24) is 9.97 Å². The van der Waals surface area contributed by atoms with Gasteiger partial charge in [-0.25, -0.2) is 9.97 Å². The third kappa shape index (κ3) is 3.04. The van der Waals surface area contributed by atoms with E-state index in [1.54, 1.807) is 39.5 Å². The van der Waals surface area contributed by atoms with E-state index in [1.165, 1.54) is 0 Å². The lowest BCUT2D eigenvalue weighted by Crippen LogP contribution is -1.99. The second-order valence-corrected chi connectivity index (χ2v) is 5.37. The van der Waals surface area contributed by atoms with E-state index in [1.807, 2.05) is 0 Å². The highest BCUT2D eigenvalue weighted by Gasteiger charge is 2.18. The molecule has 2 aromatic rings. The smallest absolute Gasteiger partial charge is 0.169 e. The first-order valence-electron chi connectivity index (χ1n) is 5.59. The van der Waals surface area contributed by atoms with Gasteiger partial charge < -0.3 is 14.2 Å². The summed E-state index contributed by atoms with van der Waals surface area (Å²) in [6.45, 7) is 0. The number of ether oxygens (including phenoxy) is 3. The lowest BCUT2D eigenvalue weighted by Gasteiger charge is -2.14. The zero-order chi connectivity index (χ0) is 14.7. The van der Waals surface area contributed by atoms with Crippen LogP contribution in [0, 0.1) is 0 Å². The quantitative estimate of drug-likeness (QED) is 0.728. The Bertz CT molecular complexity index is 590. The van der Waals surface area contributed by atoms with Gasteiger partial charge in [-0.05, 0) is 31.9 Å². The van der Waals surface area contributed by atoms with Gasteiger partial charge in [0.25, 0.3) is 0 Å².